The van der Waals surface area contributed by atoms with E-state index in [1.54, 1.807) is 18.2 Å². The van der Waals surface area contributed by atoms with Gasteiger partial charge in [-0.05, 0) is 12.0 Å². The molecule has 0 aliphatic rings. The molecule has 0 fully saturated rings. The van der Waals surface area contributed by atoms with Gasteiger partial charge in [0.15, 0.2) is 5.82 Å². The minimum atomic E-state index is 0.278. The van der Waals surface area contributed by atoms with Gasteiger partial charge in [0.25, 0.3) is 0 Å². The molecule has 0 saturated carbocycles. The highest BCUT2D eigenvalue weighted by molar-refractivity contribution is 5.52. The van der Waals surface area contributed by atoms with Crippen LogP contribution in [-0.2, 0) is 0 Å². The summed E-state index contributed by atoms with van der Waals surface area (Å²) in [4.78, 5) is 8.59. The number of hydrogen-bond acceptors (Lipinski definition) is 6. The molecule has 0 unspecified atom stereocenters. The average molecular weight is 245 g/mol. The Kier molecular flexibility index (Phi) is 3.36. The summed E-state index contributed by atoms with van der Waals surface area (Å²) in [5.41, 5.74) is 7.23. The molecule has 0 bridgehead atoms. The number of ether oxygens (including phenoxy) is 1. The second-order valence-corrected chi connectivity index (χ2v) is 4.16. The van der Waals surface area contributed by atoms with Crippen LogP contribution in [0.15, 0.2) is 18.2 Å². The summed E-state index contributed by atoms with van der Waals surface area (Å²) >= 11 is 0. The standard InChI is InChI=1S/C12H15N5O/c1-7(2)9-6-10(13)15-12(14-9)8-4-5-11(18-3)17-16-8/h4-7H,1-3H3,(H2,13,14,15). The van der Waals surface area contributed by atoms with Crippen LogP contribution in [0, 0.1) is 0 Å². The van der Waals surface area contributed by atoms with Crippen molar-refractivity contribution in [1.29, 1.82) is 0 Å². The highest BCUT2D eigenvalue weighted by Gasteiger charge is 2.09. The average Bonchev–Trinajstić information content (AvgIpc) is 2.38. The van der Waals surface area contributed by atoms with E-state index in [4.69, 9.17) is 10.5 Å². The molecule has 0 aromatic carbocycles. The Hall–Kier alpha value is -2.24. The van der Waals surface area contributed by atoms with Crippen LogP contribution in [-0.4, -0.2) is 27.3 Å². The summed E-state index contributed by atoms with van der Waals surface area (Å²) < 4.78 is 4.95. The van der Waals surface area contributed by atoms with Crippen LogP contribution in [0.4, 0.5) is 5.82 Å². The van der Waals surface area contributed by atoms with Crippen molar-refractivity contribution >= 4 is 5.82 Å². The predicted octanol–water partition coefficient (Wildman–Crippen LogP) is 1.65. The number of hydrogen-bond donors (Lipinski definition) is 1. The fourth-order valence-electron chi connectivity index (χ4n) is 1.44. The quantitative estimate of drug-likeness (QED) is 0.884. The highest BCUT2D eigenvalue weighted by atomic mass is 16.5. The van der Waals surface area contributed by atoms with Gasteiger partial charge in [-0.2, -0.15) is 0 Å². The fourth-order valence-corrected chi connectivity index (χ4v) is 1.44. The third-order valence-corrected chi connectivity index (χ3v) is 2.44. The molecule has 0 aliphatic heterocycles. The van der Waals surface area contributed by atoms with E-state index < -0.39 is 0 Å². The summed E-state index contributed by atoms with van der Waals surface area (Å²) in [5, 5.41) is 7.89. The minimum absolute atomic E-state index is 0.278. The second kappa shape index (κ2) is 4.95. The van der Waals surface area contributed by atoms with E-state index in [1.165, 1.54) is 7.11 Å². The normalized spacial score (nSPS) is 10.7. The van der Waals surface area contributed by atoms with Crippen molar-refractivity contribution in [2.45, 2.75) is 19.8 Å². The van der Waals surface area contributed by atoms with Crippen molar-refractivity contribution in [1.82, 2.24) is 20.2 Å². The molecule has 0 aliphatic carbocycles. The first-order valence-electron chi connectivity index (χ1n) is 5.62. The van der Waals surface area contributed by atoms with Gasteiger partial charge in [0, 0.05) is 17.8 Å². The highest BCUT2D eigenvalue weighted by Crippen LogP contribution is 2.19. The first-order chi connectivity index (χ1) is 8.60. The molecule has 2 N–H and O–H groups in total. The van der Waals surface area contributed by atoms with Crippen molar-refractivity contribution in [3.05, 3.63) is 23.9 Å². The Bertz CT molecular complexity index is 539. The van der Waals surface area contributed by atoms with Gasteiger partial charge in [-0.3, -0.25) is 0 Å². The van der Waals surface area contributed by atoms with E-state index in [-0.39, 0.29) is 5.92 Å². The van der Waals surface area contributed by atoms with E-state index in [0.29, 0.717) is 23.2 Å². The Balaban J connectivity index is 2.42. The topological polar surface area (TPSA) is 86.8 Å². The summed E-state index contributed by atoms with van der Waals surface area (Å²) in [7, 11) is 1.54. The van der Waals surface area contributed by atoms with Gasteiger partial charge in [-0.1, -0.05) is 13.8 Å². The monoisotopic (exact) mass is 245 g/mol. The number of aromatic nitrogens is 4. The Labute approximate surface area is 105 Å². The molecule has 0 radical (unpaired) electrons. The van der Waals surface area contributed by atoms with Crippen LogP contribution in [0.1, 0.15) is 25.5 Å². The first-order valence-corrected chi connectivity index (χ1v) is 5.62. The third kappa shape index (κ3) is 2.53. The maximum atomic E-state index is 5.77. The van der Waals surface area contributed by atoms with Crippen molar-refractivity contribution in [3.8, 4) is 17.4 Å². The van der Waals surface area contributed by atoms with E-state index in [2.05, 4.69) is 20.2 Å². The summed E-state index contributed by atoms with van der Waals surface area (Å²) in [6.45, 7) is 4.09. The SMILES string of the molecule is COc1ccc(-c2nc(N)cc(C(C)C)n2)nn1. The number of nitrogens with two attached hydrogens (primary N) is 1. The maximum Gasteiger partial charge on any atom is 0.233 e. The number of methoxy groups -OCH3 is 1. The maximum absolute atomic E-state index is 5.77. The van der Waals surface area contributed by atoms with E-state index in [0.717, 1.165) is 5.69 Å². The van der Waals surface area contributed by atoms with Crippen molar-refractivity contribution in [2.75, 3.05) is 12.8 Å². The third-order valence-electron chi connectivity index (χ3n) is 2.44. The molecule has 18 heavy (non-hydrogen) atoms. The van der Waals surface area contributed by atoms with E-state index in [1.807, 2.05) is 13.8 Å². The van der Waals surface area contributed by atoms with Gasteiger partial charge < -0.3 is 10.5 Å². The lowest BCUT2D eigenvalue weighted by Gasteiger charge is -2.07. The molecule has 2 heterocycles. The van der Waals surface area contributed by atoms with Crippen molar-refractivity contribution < 1.29 is 4.74 Å². The summed E-state index contributed by atoms with van der Waals surface area (Å²) in [6.07, 6.45) is 0. The zero-order chi connectivity index (χ0) is 13.1. The molecule has 2 aromatic rings. The summed E-state index contributed by atoms with van der Waals surface area (Å²) in [5.74, 6) is 1.64. The van der Waals surface area contributed by atoms with Crippen LogP contribution in [0.3, 0.4) is 0 Å². The largest absolute Gasteiger partial charge is 0.480 e. The van der Waals surface area contributed by atoms with Gasteiger partial charge in [-0.25, -0.2) is 9.97 Å². The molecule has 0 atom stereocenters. The van der Waals surface area contributed by atoms with Crippen LogP contribution < -0.4 is 10.5 Å². The first kappa shape index (κ1) is 12.2. The Morgan fingerprint density at radius 3 is 2.50 bits per heavy atom. The lowest BCUT2D eigenvalue weighted by atomic mass is 10.1. The van der Waals surface area contributed by atoms with Gasteiger partial charge in [0.1, 0.15) is 11.5 Å². The molecule has 0 saturated heterocycles. The number of nitrogen functional groups attached to an aromatic ring is 1. The molecule has 2 rings (SSSR count). The van der Waals surface area contributed by atoms with Crippen molar-refractivity contribution in [2.24, 2.45) is 0 Å². The molecule has 6 nitrogen and oxygen atoms in total. The lowest BCUT2D eigenvalue weighted by molar-refractivity contribution is 0.392. The Morgan fingerprint density at radius 1 is 1.17 bits per heavy atom. The lowest BCUT2D eigenvalue weighted by Crippen LogP contribution is -2.03. The number of anilines is 1. The van der Waals surface area contributed by atoms with E-state index in [9.17, 15) is 0 Å². The summed E-state index contributed by atoms with van der Waals surface area (Å²) in [6, 6.07) is 5.24. The van der Waals surface area contributed by atoms with Crippen molar-refractivity contribution in [3.63, 3.8) is 0 Å². The van der Waals surface area contributed by atoms with Gasteiger partial charge in [0.2, 0.25) is 5.88 Å². The zero-order valence-corrected chi connectivity index (χ0v) is 10.6. The van der Waals surface area contributed by atoms with Crippen LogP contribution in [0.2, 0.25) is 0 Å². The molecule has 6 heteroatoms. The van der Waals surface area contributed by atoms with Crippen LogP contribution in [0.25, 0.3) is 11.5 Å². The van der Waals surface area contributed by atoms with Crippen LogP contribution >= 0.6 is 0 Å². The van der Waals surface area contributed by atoms with Gasteiger partial charge >= 0.3 is 0 Å². The molecular formula is C12H15N5O. The zero-order valence-electron chi connectivity index (χ0n) is 10.6. The minimum Gasteiger partial charge on any atom is -0.480 e. The fraction of sp³-hybridized carbons (Fsp3) is 0.333. The molecular weight excluding hydrogens is 230 g/mol. The number of rotatable bonds is 3. The van der Waals surface area contributed by atoms with Gasteiger partial charge in [0.05, 0.1) is 7.11 Å². The van der Waals surface area contributed by atoms with E-state index >= 15 is 0 Å². The molecule has 2 aromatic heterocycles. The van der Waals surface area contributed by atoms with Crippen LogP contribution in [0.5, 0.6) is 5.88 Å². The van der Waals surface area contributed by atoms with Gasteiger partial charge in [-0.15, -0.1) is 10.2 Å². The smallest absolute Gasteiger partial charge is 0.233 e. The number of nitrogens with zero attached hydrogens (tertiary/aromatic N) is 4. The Morgan fingerprint density at radius 2 is 1.94 bits per heavy atom. The second-order valence-electron chi connectivity index (χ2n) is 4.16. The molecule has 0 amide bonds. The molecule has 0 spiro atoms. The molecule has 94 valence electrons. The predicted molar refractivity (Wildman–Crippen MR) is 68.1 cm³/mol.